The molecule has 0 rings (SSSR count). The van der Waals surface area contributed by atoms with Crippen molar-refractivity contribution in [3.05, 3.63) is 12.2 Å². The lowest BCUT2D eigenvalue weighted by Gasteiger charge is -2.26. The Balaban J connectivity index is 4.82. The van der Waals surface area contributed by atoms with Crippen molar-refractivity contribution in [2.24, 2.45) is 0 Å². The molecule has 0 aromatic heterocycles. The molecule has 0 aliphatic rings. The summed E-state index contributed by atoms with van der Waals surface area (Å²) >= 11 is 0. The fraction of sp³-hybridized carbons (Fsp3) is 0.833. The maximum atomic E-state index is 12.2. The normalized spacial score (nSPS) is 14.4. The topological polar surface area (TPSA) is 27.7 Å². The molecule has 0 aromatic carbocycles. The minimum Gasteiger partial charge on any atom is -0.386 e. The van der Waals surface area contributed by atoms with Crippen LogP contribution in [0.15, 0.2) is 12.2 Å². The predicted octanol–water partition coefficient (Wildman–Crippen LogP) is 3.67. The summed E-state index contributed by atoms with van der Waals surface area (Å²) in [5.74, 6) is 0. The Kier molecular flexibility index (Phi) is 9.28. The first-order valence-corrected chi connectivity index (χ1v) is 8.18. The highest BCUT2D eigenvalue weighted by molar-refractivity contribution is 6.46. The summed E-state index contributed by atoms with van der Waals surface area (Å²) in [5, 5.41) is 0. The number of hydrogen-bond donors (Lipinski definition) is 0. The van der Waals surface area contributed by atoms with Gasteiger partial charge < -0.3 is 13.6 Å². The molecule has 0 bridgehead atoms. The van der Waals surface area contributed by atoms with Gasteiger partial charge in [0.2, 0.25) is 0 Å². The van der Waals surface area contributed by atoms with Crippen LogP contribution in [0.5, 0.6) is 0 Å². The minimum absolute atomic E-state index is 0.0267. The number of ether oxygens (including phenoxy) is 1. The Morgan fingerprint density at radius 1 is 1.05 bits per heavy atom. The maximum Gasteiger partial charge on any atom is 0.410 e. The van der Waals surface area contributed by atoms with Gasteiger partial charge >= 0.3 is 21.6 Å². The second-order valence-electron chi connectivity index (χ2n) is 4.82. The molecule has 0 saturated carbocycles. The van der Waals surface area contributed by atoms with Crippen molar-refractivity contribution in [3.63, 3.8) is 0 Å². The molecule has 0 spiro atoms. The second-order valence-corrected chi connectivity index (χ2v) is 6.96. The Hall–Kier alpha value is -0.583. The van der Waals surface area contributed by atoms with Crippen LogP contribution >= 0.6 is 0 Å². The number of alkyl halides is 6. The van der Waals surface area contributed by atoms with Gasteiger partial charge in [-0.2, -0.15) is 26.3 Å². The molecule has 1 unspecified atom stereocenters. The van der Waals surface area contributed by atoms with Gasteiger partial charge in [-0.15, -0.1) is 0 Å². The number of rotatable bonds is 10. The SMILES string of the molecule is C=C(C)COC(CCC)[SiH](OCC(F)(F)F)OCC(F)(F)F. The molecule has 0 N–H and O–H groups in total. The van der Waals surface area contributed by atoms with Gasteiger partial charge in [-0.25, -0.2) is 0 Å². The molecule has 1 atom stereocenters. The highest BCUT2D eigenvalue weighted by atomic mass is 28.3. The van der Waals surface area contributed by atoms with Crippen molar-refractivity contribution >= 4 is 9.28 Å². The first-order chi connectivity index (χ1) is 9.94. The van der Waals surface area contributed by atoms with Crippen LogP contribution in [0.1, 0.15) is 26.7 Å². The monoisotopic (exact) mass is 354 g/mol. The average Bonchev–Trinajstić information content (AvgIpc) is 2.32. The van der Waals surface area contributed by atoms with Gasteiger partial charge in [0, 0.05) is 0 Å². The lowest BCUT2D eigenvalue weighted by atomic mass is 10.3. The van der Waals surface area contributed by atoms with Crippen LogP contribution in [0.2, 0.25) is 0 Å². The molecule has 3 nitrogen and oxygen atoms in total. The summed E-state index contributed by atoms with van der Waals surface area (Å²) in [6.45, 7) is 3.65. The Morgan fingerprint density at radius 2 is 1.50 bits per heavy atom. The third-order valence-electron chi connectivity index (χ3n) is 2.24. The molecule has 0 heterocycles. The van der Waals surface area contributed by atoms with E-state index in [9.17, 15) is 26.3 Å². The van der Waals surface area contributed by atoms with Crippen LogP contribution < -0.4 is 0 Å². The molecule has 22 heavy (non-hydrogen) atoms. The summed E-state index contributed by atoms with van der Waals surface area (Å²) in [6, 6.07) is 0. The van der Waals surface area contributed by atoms with Crippen LogP contribution in [0.4, 0.5) is 26.3 Å². The van der Waals surface area contributed by atoms with E-state index in [-0.39, 0.29) is 13.0 Å². The van der Waals surface area contributed by atoms with Gasteiger partial charge in [0.1, 0.15) is 13.2 Å². The molecule has 0 amide bonds. The molecule has 0 radical (unpaired) electrons. The van der Waals surface area contributed by atoms with Crippen molar-refractivity contribution in [1.29, 1.82) is 0 Å². The van der Waals surface area contributed by atoms with Crippen molar-refractivity contribution in [1.82, 2.24) is 0 Å². The highest BCUT2D eigenvalue weighted by Gasteiger charge is 2.37. The van der Waals surface area contributed by atoms with Crippen molar-refractivity contribution in [2.45, 2.75) is 44.8 Å². The average molecular weight is 354 g/mol. The minimum atomic E-state index is -4.64. The Bertz CT molecular complexity index is 314. The van der Waals surface area contributed by atoms with Crippen molar-refractivity contribution in [2.75, 3.05) is 19.8 Å². The van der Waals surface area contributed by atoms with E-state index < -0.39 is 40.6 Å². The quantitative estimate of drug-likeness (QED) is 0.340. The van der Waals surface area contributed by atoms with E-state index in [1.165, 1.54) is 0 Å². The molecular weight excluding hydrogens is 334 g/mol. The second kappa shape index (κ2) is 9.53. The third kappa shape index (κ3) is 12.0. The summed E-state index contributed by atoms with van der Waals surface area (Å²) in [4.78, 5) is 0. The van der Waals surface area contributed by atoms with Gasteiger partial charge in [-0.3, -0.25) is 0 Å². The van der Waals surface area contributed by atoms with Crippen LogP contribution in [0.3, 0.4) is 0 Å². The Labute approximate surface area is 127 Å². The van der Waals surface area contributed by atoms with Gasteiger partial charge in [-0.1, -0.05) is 25.5 Å². The molecule has 0 fully saturated rings. The Morgan fingerprint density at radius 3 is 1.82 bits per heavy atom. The van der Waals surface area contributed by atoms with E-state index in [4.69, 9.17) is 4.74 Å². The zero-order valence-corrected chi connectivity index (χ0v) is 13.5. The standard InChI is InChI=1S/C12H20F6O3Si/c1-4-5-10(19-6-9(2)3)22(20-7-11(13,14)15)21-8-12(16,17)18/h10,22H,2,4-8H2,1,3H3. The lowest BCUT2D eigenvalue weighted by molar-refractivity contribution is -0.171. The summed E-state index contributed by atoms with van der Waals surface area (Å²) in [7, 11) is -3.33. The number of halogens is 6. The summed E-state index contributed by atoms with van der Waals surface area (Å²) in [6.07, 6.45) is -8.52. The molecule has 0 aromatic rings. The van der Waals surface area contributed by atoms with Crippen molar-refractivity contribution in [3.8, 4) is 0 Å². The van der Waals surface area contributed by atoms with E-state index in [1.807, 2.05) is 0 Å². The van der Waals surface area contributed by atoms with E-state index in [0.29, 0.717) is 12.0 Å². The van der Waals surface area contributed by atoms with Crippen LogP contribution in [-0.4, -0.2) is 47.2 Å². The van der Waals surface area contributed by atoms with Crippen molar-refractivity contribution < 1.29 is 39.9 Å². The van der Waals surface area contributed by atoms with Crippen LogP contribution in [0, 0.1) is 0 Å². The van der Waals surface area contributed by atoms with Gasteiger partial charge in [0.05, 0.1) is 12.3 Å². The molecule has 10 heteroatoms. The molecule has 0 saturated heterocycles. The maximum absolute atomic E-state index is 12.2. The molecule has 0 aliphatic heterocycles. The summed E-state index contributed by atoms with van der Waals surface area (Å²) in [5.41, 5.74) is -0.313. The first kappa shape index (κ1) is 21.4. The zero-order chi connectivity index (χ0) is 17.4. The smallest absolute Gasteiger partial charge is 0.386 e. The molecule has 132 valence electrons. The van der Waals surface area contributed by atoms with Gasteiger partial charge in [0.15, 0.2) is 0 Å². The predicted molar refractivity (Wildman–Crippen MR) is 70.6 cm³/mol. The largest absolute Gasteiger partial charge is 0.410 e. The van der Waals surface area contributed by atoms with E-state index in [0.717, 1.165) is 0 Å². The fourth-order valence-electron chi connectivity index (χ4n) is 1.45. The van der Waals surface area contributed by atoms with E-state index in [1.54, 1.807) is 13.8 Å². The zero-order valence-electron chi connectivity index (χ0n) is 12.4. The number of hydrogen-bond acceptors (Lipinski definition) is 3. The van der Waals surface area contributed by atoms with Crippen LogP contribution in [-0.2, 0) is 13.6 Å². The fourth-order valence-corrected chi connectivity index (χ4v) is 3.54. The van der Waals surface area contributed by atoms with Gasteiger partial charge in [-0.05, 0) is 13.3 Å². The first-order valence-electron chi connectivity index (χ1n) is 6.57. The third-order valence-corrected chi connectivity index (χ3v) is 4.37. The van der Waals surface area contributed by atoms with E-state index in [2.05, 4.69) is 15.4 Å². The lowest BCUT2D eigenvalue weighted by Crippen LogP contribution is -2.43. The highest BCUT2D eigenvalue weighted by Crippen LogP contribution is 2.20. The molecule has 0 aliphatic carbocycles. The van der Waals surface area contributed by atoms with E-state index >= 15 is 0 Å². The molecular formula is C12H20F6O3Si. The van der Waals surface area contributed by atoms with Crippen LogP contribution in [0.25, 0.3) is 0 Å². The van der Waals surface area contributed by atoms with Gasteiger partial charge in [0.25, 0.3) is 0 Å². The summed E-state index contributed by atoms with van der Waals surface area (Å²) < 4.78 is 87.8.